The van der Waals surface area contributed by atoms with Crippen LogP contribution in [-0.4, -0.2) is 54.6 Å². The van der Waals surface area contributed by atoms with Gasteiger partial charge in [-0.05, 0) is 24.3 Å². The predicted molar refractivity (Wildman–Crippen MR) is 106 cm³/mol. The molecule has 0 radical (unpaired) electrons. The van der Waals surface area contributed by atoms with Crippen molar-refractivity contribution in [1.82, 2.24) is 4.90 Å². The molecular weight excluding hydrogens is 361 g/mol. The quantitative estimate of drug-likeness (QED) is 0.767. The Balaban J connectivity index is 1.52. The van der Waals surface area contributed by atoms with Gasteiger partial charge in [0.05, 0.1) is 11.6 Å². The van der Waals surface area contributed by atoms with Crippen molar-refractivity contribution in [3.8, 4) is 0 Å². The van der Waals surface area contributed by atoms with E-state index in [9.17, 15) is 19.1 Å². The molecule has 2 N–H and O–H groups in total. The molecule has 0 unspecified atom stereocenters. The standard InChI is InChI=1S/C21H24FN3O3/c22-18-8-4-5-9-19(18)23-20(26)14-16(21(27)28)15-24-10-12-25(13-11-24)17-6-2-1-3-7-17/h1-9,16H,10-15H2,(H,23,26)(H,27,28)/t16-/m0/s1. The lowest BCUT2D eigenvalue weighted by Gasteiger charge is -2.37. The van der Waals surface area contributed by atoms with Gasteiger partial charge in [0.15, 0.2) is 0 Å². The van der Waals surface area contributed by atoms with Crippen LogP contribution in [0, 0.1) is 11.7 Å². The smallest absolute Gasteiger partial charge is 0.308 e. The number of carbonyl (C=O) groups is 2. The van der Waals surface area contributed by atoms with Crippen molar-refractivity contribution >= 4 is 23.3 Å². The number of hydrogen-bond donors (Lipinski definition) is 2. The average Bonchev–Trinajstić information content (AvgIpc) is 2.70. The molecule has 0 spiro atoms. The molecule has 2 aromatic rings. The van der Waals surface area contributed by atoms with Gasteiger partial charge in [0, 0.05) is 44.8 Å². The first-order valence-electron chi connectivity index (χ1n) is 9.32. The number of aliphatic carboxylic acids is 1. The molecule has 0 bridgehead atoms. The molecule has 1 fully saturated rings. The van der Waals surface area contributed by atoms with Gasteiger partial charge in [-0.2, -0.15) is 0 Å². The molecule has 1 saturated heterocycles. The Kier molecular flexibility index (Phi) is 6.60. The van der Waals surface area contributed by atoms with Gasteiger partial charge < -0.3 is 15.3 Å². The summed E-state index contributed by atoms with van der Waals surface area (Å²) < 4.78 is 13.7. The molecule has 148 valence electrons. The number of halogens is 1. The molecule has 2 aromatic carbocycles. The van der Waals surface area contributed by atoms with E-state index in [1.54, 1.807) is 6.07 Å². The van der Waals surface area contributed by atoms with Gasteiger partial charge in [-0.1, -0.05) is 30.3 Å². The molecule has 1 amide bonds. The number of rotatable bonds is 7. The summed E-state index contributed by atoms with van der Waals surface area (Å²) in [5.41, 5.74) is 1.22. The fourth-order valence-electron chi connectivity index (χ4n) is 3.36. The van der Waals surface area contributed by atoms with E-state index in [0.717, 1.165) is 31.9 Å². The monoisotopic (exact) mass is 385 g/mol. The number of carboxylic acid groups (broad SMARTS) is 1. The first-order valence-corrected chi connectivity index (χ1v) is 9.32. The van der Waals surface area contributed by atoms with Gasteiger partial charge in [0.1, 0.15) is 5.82 Å². The van der Waals surface area contributed by atoms with Gasteiger partial charge >= 0.3 is 5.97 Å². The number of carboxylic acids is 1. The minimum atomic E-state index is -1.02. The van der Waals surface area contributed by atoms with E-state index in [0.29, 0.717) is 6.54 Å². The van der Waals surface area contributed by atoms with Gasteiger partial charge in [-0.15, -0.1) is 0 Å². The topological polar surface area (TPSA) is 72.9 Å². The molecule has 3 rings (SSSR count). The van der Waals surface area contributed by atoms with Crippen LogP contribution in [0.4, 0.5) is 15.8 Å². The molecule has 1 heterocycles. The second-order valence-electron chi connectivity index (χ2n) is 6.89. The number of piperazine rings is 1. The highest BCUT2D eigenvalue weighted by atomic mass is 19.1. The summed E-state index contributed by atoms with van der Waals surface area (Å²) in [7, 11) is 0. The Morgan fingerprint density at radius 2 is 1.64 bits per heavy atom. The Hall–Kier alpha value is -2.93. The first kappa shape index (κ1) is 19.8. The van der Waals surface area contributed by atoms with Crippen LogP contribution in [0.5, 0.6) is 0 Å². The number of benzene rings is 2. The van der Waals surface area contributed by atoms with Gasteiger partial charge in [0.2, 0.25) is 5.91 Å². The van der Waals surface area contributed by atoms with Gasteiger partial charge in [-0.3, -0.25) is 14.5 Å². The van der Waals surface area contributed by atoms with Crippen molar-refractivity contribution in [1.29, 1.82) is 0 Å². The first-order chi connectivity index (χ1) is 13.5. The predicted octanol–water partition coefficient (Wildman–Crippen LogP) is 2.68. The van der Waals surface area contributed by atoms with Crippen LogP contribution < -0.4 is 10.2 Å². The van der Waals surface area contributed by atoms with Crippen LogP contribution >= 0.6 is 0 Å². The van der Waals surface area contributed by atoms with Crippen molar-refractivity contribution in [2.75, 3.05) is 42.9 Å². The highest BCUT2D eigenvalue weighted by molar-refractivity contribution is 5.93. The Morgan fingerprint density at radius 1 is 1.00 bits per heavy atom. The third-order valence-electron chi connectivity index (χ3n) is 4.90. The van der Waals surface area contributed by atoms with Crippen molar-refractivity contribution in [3.63, 3.8) is 0 Å². The molecule has 6 nitrogen and oxygen atoms in total. The van der Waals surface area contributed by atoms with Crippen LogP contribution in [0.3, 0.4) is 0 Å². The SMILES string of the molecule is O=C(C[C@@H](CN1CCN(c2ccccc2)CC1)C(=O)O)Nc1ccccc1F. The molecule has 0 aliphatic carbocycles. The average molecular weight is 385 g/mol. The molecule has 0 saturated carbocycles. The Labute approximate surface area is 163 Å². The van der Waals surface area contributed by atoms with E-state index < -0.39 is 23.6 Å². The third-order valence-corrected chi connectivity index (χ3v) is 4.90. The summed E-state index contributed by atoms with van der Waals surface area (Å²) in [5, 5.41) is 12.0. The lowest BCUT2D eigenvalue weighted by atomic mass is 10.0. The normalized spacial score (nSPS) is 15.8. The maximum atomic E-state index is 13.7. The maximum Gasteiger partial charge on any atom is 0.308 e. The fourth-order valence-corrected chi connectivity index (χ4v) is 3.36. The summed E-state index contributed by atoms with van der Waals surface area (Å²) in [5.74, 6) is -2.90. The summed E-state index contributed by atoms with van der Waals surface area (Å²) >= 11 is 0. The highest BCUT2D eigenvalue weighted by Gasteiger charge is 2.26. The molecule has 0 aromatic heterocycles. The van der Waals surface area contributed by atoms with Crippen molar-refractivity contribution < 1.29 is 19.1 Å². The third kappa shape index (κ3) is 5.29. The van der Waals surface area contributed by atoms with E-state index in [-0.39, 0.29) is 12.1 Å². The molecular formula is C21H24FN3O3. The number of para-hydroxylation sites is 2. The van der Waals surface area contributed by atoms with E-state index in [1.807, 2.05) is 18.2 Å². The lowest BCUT2D eigenvalue weighted by molar-refractivity contribution is -0.144. The minimum absolute atomic E-state index is 0.0631. The lowest BCUT2D eigenvalue weighted by Crippen LogP contribution is -2.48. The zero-order valence-electron chi connectivity index (χ0n) is 15.6. The van der Waals surface area contributed by atoms with E-state index in [1.165, 1.54) is 18.2 Å². The highest BCUT2D eigenvalue weighted by Crippen LogP contribution is 2.18. The van der Waals surface area contributed by atoms with E-state index >= 15 is 0 Å². The summed E-state index contributed by atoms with van der Waals surface area (Å²) in [4.78, 5) is 28.1. The summed E-state index contributed by atoms with van der Waals surface area (Å²) in [6, 6.07) is 15.9. The Morgan fingerprint density at radius 3 is 2.29 bits per heavy atom. The maximum absolute atomic E-state index is 13.7. The summed E-state index contributed by atoms with van der Waals surface area (Å²) in [6.45, 7) is 3.36. The fraction of sp³-hybridized carbons (Fsp3) is 0.333. The van der Waals surface area contributed by atoms with Crippen molar-refractivity contribution in [2.45, 2.75) is 6.42 Å². The van der Waals surface area contributed by atoms with E-state index in [4.69, 9.17) is 0 Å². The van der Waals surface area contributed by atoms with Crippen LogP contribution in [0.25, 0.3) is 0 Å². The minimum Gasteiger partial charge on any atom is -0.481 e. The second-order valence-corrected chi connectivity index (χ2v) is 6.89. The molecule has 1 aliphatic rings. The number of anilines is 2. The zero-order valence-corrected chi connectivity index (χ0v) is 15.6. The van der Waals surface area contributed by atoms with Crippen LogP contribution in [0.2, 0.25) is 0 Å². The molecule has 7 heteroatoms. The summed E-state index contributed by atoms with van der Waals surface area (Å²) in [6.07, 6.45) is -0.192. The Bertz CT molecular complexity index is 808. The van der Waals surface area contributed by atoms with Crippen LogP contribution in [-0.2, 0) is 9.59 Å². The zero-order chi connectivity index (χ0) is 19.9. The van der Waals surface area contributed by atoms with Crippen LogP contribution in [0.1, 0.15) is 6.42 Å². The molecule has 1 aliphatic heterocycles. The molecule has 1 atom stereocenters. The van der Waals surface area contributed by atoms with Gasteiger partial charge in [-0.25, -0.2) is 4.39 Å². The van der Waals surface area contributed by atoms with Crippen LogP contribution in [0.15, 0.2) is 54.6 Å². The number of amides is 1. The second kappa shape index (κ2) is 9.32. The van der Waals surface area contributed by atoms with Crippen molar-refractivity contribution in [2.24, 2.45) is 5.92 Å². The number of nitrogens with one attached hydrogen (secondary N) is 1. The number of nitrogens with zero attached hydrogens (tertiary/aromatic N) is 2. The molecule has 28 heavy (non-hydrogen) atoms. The number of carbonyl (C=O) groups excluding carboxylic acids is 1. The van der Waals surface area contributed by atoms with Crippen molar-refractivity contribution in [3.05, 3.63) is 60.4 Å². The van der Waals surface area contributed by atoms with Gasteiger partial charge in [0.25, 0.3) is 0 Å². The largest absolute Gasteiger partial charge is 0.481 e. The number of hydrogen-bond acceptors (Lipinski definition) is 4. The van der Waals surface area contributed by atoms with E-state index in [2.05, 4.69) is 27.2 Å².